The molecule has 0 spiro atoms. The lowest BCUT2D eigenvalue weighted by Gasteiger charge is -2.10. The monoisotopic (exact) mass is 276 g/mol. The predicted octanol–water partition coefficient (Wildman–Crippen LogP) is 2.42. The van der Waals surface area contributed by atoms with Crippen molar-refractivity contribution >= 4 is 11.3 Å². The van der Waals surface area contributed by atoms with Crippen LogP contribution in [-0.2, 0) is 6.42 Å². The van der Waals surface area contributed by atoms with Crippen LogP contribution in [-0.4, -0.2) is 23.2 Å². The highest BCUT2D eigenvalue weighted by Crippen LogP contribution is 2.34. The molecule has 0 saturated carbocycles. The molecule has 1 atom stereocenters. The minimum Gasteiger partial charge on any atom is -0.508 e. The lowest BCUT2D eigenvalue weighted by Crippen LogP contribution is -2.24. The zero-order valence-corrected chi connectivity index (χ0v) is 11.5. The van der Waals surface area contributed by atoms with Gasteiger partial charge in [0.15, 0.2) is 0 Å². The molecule has 1 aromatic heterocycles. The molecule has 0 amide bonds. The van der Waals surface area contributed by atoms with E-state index in [4.69, 9.17) is 4.74 Å². The Hall–Kier alpha value is -1.59. The lowest BCUT2D eigenvalue weighted by atomic mass is 10.1. The van der Waals surface area contributed by atoms with Gasteiger partial charge in [0.1, 0.15) is 18.1 Å². The van der Waals surface area contributed by atoms with Crippen molar-refractivity contribution in [1.29, 1.82) is 0 Å². The van der Waals surface area contributed by atoms with Crippen LogP contribution in [0.15, 0.2) is 23.6 Å². The number of nitrogens with zero attached hydrogens (tertiary/aromatic N) is 1. The quantitative estimate of drug-likeness (QED) is 0.900. The first kappa shape index (κ1) is 12.4. The van der Waals surface area contributed by atoms with E-state index in [1.807, 2.05) is 13.0 Å². The van der Waals surface area contributed by atoms with Crippen LogP contribution in [0.5, 0.6) is 11.5 Å². The zero-order chi connectivity index (χ0) is 13.2. The van der Waals surface area contributed by atoms with Crippen molar-refractivity contribution in [2.75, 3.05) is 13.2 Å². The third-order valence-corrected chi connectivity index (χ3v) is 4.20. The first-order valence-electron chi connectivity index (χ1n) is 6.32. The number of fused-ring (bicyclic) bond motifs is 1. The number of hydrogen-bond acceptors (Lipinski definition) is 5. The number of hydrogen-bond donors (Lipinski definition) is 2. The fraction of sp³-hybridized carbons (Fsp3) is 0.357. The molecule has 5 heteroatoms. The van der Waals surface area contributed by atoms with Gasteiger partial charge >= 0.3 is 0 Å². The topological polar surface area (TPSA) is 54.4 Å². The molecule has 0 fully saturated rings. The Labute approximate surface area is 116 Å². The van der Waals surface area contributed by atoms with Gasteiger partial charge in [0, 0.05) is 35.7 Å². The van der Waals surface area contributed by atoms with E-state index in [-0.39, 0.29) is 11.8 Å². The maximum atomic E-state index is 9.40. The van der Waals surface area contributed by atoms with Gasteiger partial charge in [0.05, 0.1) is 11.0 Å². The van der Waals surface area contributed by atoms with Crippen molar-refractivity contribution in [2.24, 2.45) is 0 Å². The molecule has 1 aliphatic rings. The van der Waals surface area contributed by atoms with Gasteiger partial charge in [-0.3, -0.25) is 0 Å². The number of rotatable bonds is 4. The maximum absolute atomic E-state index is 9.40. The molecule has 2 heterocycles. The lowest BCUT2D eigenvalue weighted by molar-refractivity contribution is 0.311. The molecule has 4 nitrogen and oxygen atoms in total. The van der Waals surface area contributed by atoms with Crippen LogP contribution in [0.4, 0.5) is 0 Å². The summed E-state index contributed by atoms with van der Waals surface area (Å²) in [5.41, 5.74) is 2.21. The number of thiazole rings is 1. The highest BCUT2D eigenvalue weighted by atomic mass is 32.1. The van der Waals surface area contributed by atoms with E-state index in [0.29, 0.717) is 6.61 Å². The summed E-state index contributed by atoms with van der Waals surface area (Å²) in [6, 6.07) is 5.49. The summed E-state index contributed by atoms with van der Waals surface area (Å²) < 4.78 is 5.56. The molecule has 0 aliphatic carbocycles. The van der Waals surface area contributed by atoms with Gasteiger partial charge in [-0.05, 0) is 19.1 Å². The third kappa shape index (κ3) is 2.72. The highest BCUT2D eigenvalue weighted by Gasteiger charge is 2.23. The molecule has 2 aromatic rings. The third-order valence-electron chi connectivity index (χ3n) is 3.17. The SMILES string of the molecule is Cc1csc(CCNC2COc3cc(O)ccc32)n1. The van der Waals surface area contributed by atoms with Crippen molar-refractivity contribution in [1.82, 2.24) is 10.3 Å². The summed E-state index contributed by atoms with van der Waals surface area (Å²) in [7, 11) is 0. The second-order valence-electron chi connectivity index (χ2n) is 4.67. The normalized spacial score (nSPS) is 17.2. The molecule has 19 heavy (non-hydrogen) atoms. The Balaban J connectivity index is 1.58. The predicted molar refractivity (Wildman–Crippen MR) is 74.9 cm³/mol. The Morgan fingerprint density at radius 1 is 1.53 bits per heavy atom. The van der Waals surface area contributed by atoms with Crippen molar-refractivity contribution in [3.05, 3.63) is 39.8 Å². The highest BCUT2D eigenvalue weighted by molar-refractivity contribution is 7.09. The Kier molecular flexibility index (Phi) is 3.40. The summed E-state index contributed by atoms with van der Waals surface area (Å²) in [5.74, 6) is 1.03. The van der Waals surface area contributed by atoms with Gasteiger partial charge in [-0.15, -0.1) is 11.3 Å². The van der Waals surface area contributed by atoms with Crippen molar-refractivity contribution in [3.8, 4) is 11.5 Å². The van der Waals surface area contributed by atoms with Crippen LogP contribution in [0.3, 0.4) is 0 Å². The van der Waals surface area contributed by atoms with Crippen LogP contribution in [0.1, 0.15) is 22.3 Å². The standard InChI is InChI=1S/C14H16N2O2S/c1-9-8-19-14(16-9)4-5-15-12-7-18-13-6-10(17)2-3-11(12)13/h2-3,6,8,12,15,17H,4-5,7H2,1H3. The van der Waals surface area contributed by atoms with Crippen molar-refractivity contribution in [3.63, 3.8) is 0 Å². The first-order valence-corrected chi connectivity index (χ1v) is 7.20. The molecule has 3 rings (SSSR count). The van der Waals surface area contributed by atoms with Gasteiger partial charge < -0.3 is 15.2 Å². The fourth-order valence-electron chi connectivity index (χ4n) is 2.24. The zero-order valence-electron chi connectivity index (χ0n) is 10.7. The second kappa shape index (κ2) is 5.19. The number of ether oxygens (including phenoxy) is 1. The minimum absolute atomic E-state index is 0.205. The van der Waals surface area contributed by atoms with E-state index >= 15 is 0 Å². The summed E-state index contributed by atoms with van der Waals surface area (Å²) in [4.78, 5) is 4.44. The smallest absolute Gasteiger partial charge is 0.127 e. The van der Waals surface area contributed by atoms with E-state index in [2.05, 4.69) is 15.7 Å². The molecular weight excluding hydrogens is 260 g/mol. The molecule has 2 N–H and O–H groups in total. The average Bonchev–Trinajstić information content (AvgIpc) is 2.96. The molecule has 100 valence electrons. The van der Waals surface area contributed by atoms with Crippen LogP contribution in [0.2, 0.25) is 0 Å². The Morgan fingerprint density at radius 2 is 2.42 bits per heavy atom. The van der Waals surface area contributed by atoms with Gasteiger partial charge in [-0.1, -0.05) is 0 Å². The molecule has 1 unspecified atom stereocenters. The number of nitrogens with one attached hydrogen (secondary N) is 1. The number of aryl methyl sites for hydroxylation is 1. The van der Waals surface area contributed by atoms with Gasteiger partial charge in [0.25, 0.3) is 0 Å². The van der Waals surface area contributed by atoms with Gasteiger partial charge in [-0.25, -0.2) is 4.98 Å². The largest absolute Gasteiger partial charge is 0.508 e. The number of aromatic hydroxyl groups is 1. The molecule has 0 bridgehead atoms. The Morgan fingerprint density at radius 3 is 3.21 bits per heavy atom. The second-order valence-corrected chi connectivity index (χ2v) is 5.62. The van der Waals surface area contributed by atoms with Crippen LogP contribution in [0.25, 0.3) is 0 Å². The maximum Gasteiger partial charge on any atom is 0.127 e. The number of phenolic OH excluding ortho intramolecular Hbond substituents is 1. The van der Waals surface area contributed by atoms with E-state index < -0.39 is 0 Å². The number of aromatic nitrogens is 1. The van der Waals surface area contributed by atoms with E-state index in [1.165, 1.54) is 0 Å². The van der Waals surface area contributed by atoms with Gasteiger partial charge in [-0.2, -0.15) is 0 Å². The van der Waals surface area contributed by atoms with E-state index in [0.717, 1.165) is 35.0 Å². The van der Waals surface area contributed by atoms with E-state index in [9.17, 15) is 5.11 Å². The molecule has 1 aromatic carbocycles. The summed E-state index contributed by atoms with van der Waals surface area (Å²) >= 11 is 1.70. The molecule has 1 aliphatic heterocycles. The van der Waals surface area contributed by atoms with Crippen LogP contribution >= 0.6 is 11.3 Å². The van der Waals surface area contributed by atoms with E-state index in [1.54, 1.807) is 23.5 Å². The summed E-state index contributed by atoms with van der Waals surface area (Å²) in [5, 5.41) is 16.1. The fourth-order valence-corrected chi connectivity index (χ4v) is 3.01. The molecular formula is C14H16N2O2S. The molecule has 0 saturated heterocycles. The average molecular weight is 276 g/mol. The summed E-state index contributed by atoms with van der Waals surface area (Å²) in [6.07, 6.45) is 0.933. The van der Waals surface area contributed by atoms with Crippen molar-refractivity contribution < 1.29 is 9.84 Å². The summed E-state index contributed by atoms with van der Waals surface area (Å²) in [6.45, 7) is 3.51. The minimum atomic E-state index is 0.205. The first-order chi connectivity index (χ1) is 9.22. The van der Waals surface area contributed by atoms with Crippen molar-refractivity contribution in [2.45, 2.75) is 19.4 Å². The van der Waals surface area contributed by atoms with Crippen LogP contribution < -0.4 is 10.1 Å². The number of benzene rings is 1. The van der Waals surface area contributed by atoms with Gasteiger partial charge in [0.2, 0.25) is 0 Å². The Bertz CT molecular complexity index is 583. The van der Waals surface area contributed by atoms with Crippen LogP contribution in [0, 0.1) is 6.92 Å². The molecule has 0 radical (unpaired) electrons. The number of phenols is 1.